The number of carbonyl (C=O) groups excluding carboxylic acids is 1. The van der Waals surface area contributed by atoms with Crippen molar-refractivity contribution in [3.05, 3.63) is 51.2 Å². The van der Waals surface area contributed by atoms with E-state index >= 15 is 0 Å². The van der Waals surface area contributed by atoms with E-state index in [9.17, 15) is 9.59 Å². The highest BCUT2D eigenvalue weighted by Crippen LogP contribution is 2.22. The maximum absolute atomic E-state index is 11.9. The van der Waals surface area contributed by atoms with Crippen LogP contribution in [0.2, 0.25) is 0 Å². The lowest BCUT2D eigenvalue weighted by Gasteiger charge is -2.12. The zero-order chi connectivity index (χ0) is 16.1. The van der Waals surface area contributed by atoms with E-state index in [4.69, 9.17) is 9.84 Å². The predicted molar refractivity (Wildman–Crippen MR) is 85.0 cm³/mol. The average molecular weight is 319 g/mol. The van der Waals surface area contributed by atoms with Gasteiger partial charge in [0.2, 0.25) is 0 Å². The molecule has 5 nitrogen and oxygen atoms in total. The second-order valence-corrected chi connectivity index (χ2v) is 5.88. The molecule has 1 aromatic heterocycles. The summed E-state index contributed by atoms with van der Waals surface area (Å²) in [7, 11) is 0. The number of nitrogens with one attached hydrogen (secondary N) is 1. The Hall–Kier alpha value is -2.34. The van der Waals surface area contributed by atoms with Crippen molar-refractivity contribution in [2.24, 2.45) is 0 Å². The van der Waals surface area contributed by atoms with E-state index in [1.54, 1.807) is 0 Å². The first-order chi connectivity index (χ1) is 10.5. The Morgan fingerprint density at radius 2 is 1.77 bits per heavy atom. The topological polar surface area (TPSA) is 75.6 Å². The molecule has 0 spiro atoms. The van der Waals surface area contributed by atoms with Gasteiger partial charge in [0.1, 0.15) is 17.2 Å². The molecule has 116 valence electrons. The summed E-state index contributed by atoms with van der Waals surface area (Å²) >= 11 is 0.956. The molecule has 0 saturated carbocycles. The fourth-order valence-electron chi connectivity index (χ4n) is 2.01. The molecule has 6 heteroatoms. The number of aryl methyl sites for hydroxylation is 2. The first kappa shape index (κ1) is 16.0. The fourth-order valence-corrected chi connectivity index (χ4v) is 2.77. The molecule has 0 fully saturated rings. The van der Waals surface area contributed by atoms with Crippen LogP contribution in [0.15, 0.2) is 30.3 Å². The van der Waals surface area contributed by atoms with E-state index in [0.29, 0.717) is 18.0 Å². The molecule has 22 heavy (non-hydrogen) atoms. The van der Waals surface area contributed by atoms with Crippen LogP contribution in [0.3, 0.4) is 0 Å². The molecule has 2 rings (SSSR count). The van der Waals surface area contributed by atoms with Crippen LogP contribution in [0, 0.1) is 13.8 Å². The summed E-state index contributed by atoms with van der Waals surface area (Å²) in [4.78, 5) is 23.2. The van der Waals surface area contributed by atoms with Crippen molar-refractivity contribution in [2.75, 3.05) is 13.2 Å². The summed E-state index contributed by atoms with van der Waals surface area (Å²) < 4.78 is 5.69. The van der Waals surface area contributed by atoms with Gasteiger partial charge in [0, 0.05) is 0 Å². The third-order valence-corrected chi connectivity index (χ3v) is 4.16. The molecule has 1 amide bonds. The van der Waals surface area contributed by atoms with Gasteiger partial charge in [-0.1, -0.05) is 18.2 Å². The van der Waals surface area contributed by atoms with Crippen LogP contribution in [-0.2, 0) is 0 Å². The summed E-state index contributed by atoms with van der Waals surface area (Å²) in [5.74, 6) is -0.481. The van der Waals surface area contributed by atoms with Crippen molar-refractivity contribution in [2.45, 2.75) is 13.8 Å². The number of ether oxygens (including phenoxy) is 1. The van der Waals surface area contributed by atoms with Gasteiger partial charge in [-0.2, -0.15) is 0 Å². The van der Waals surface area contributed by atoms with Gasteiger partial charge in [-0.25, -0.2) is 4.79 Å². The maximum Gasteiger partial charge on any atom is 0.345 e. The van der Waals surface area contributed by atoms with Crippen LogP contribution in [0.5, 0.6) is 5.75 Å². The van der Waals surface area contributed by atoms with Crippen LogP contribution in [-0.4, -0.2) is 30.1 Å². The highest BCUT2D eigenvalue weighted by Gasteiger charge is 2.12. The first-order valence-electron chi connectivity index (χ1n) is 6.79. The van der Waals surface area contributed by atoms with E-state index in [1.165, 1.54) is 12.1 Å². The smallest absolute Gasteiger partial charge is 0.345 e. The molecular weight excluding hydrogens is 302 g/mol. The van der Waals surface area contributed by atoms with Crippen LogP contribution < -0.4 is 10.1 Å². The van der Waals surface area contributed by atoms with Crippen molar-refractivity contribution < 1.29 is 19.4 Å². The van der Waals surface area contributed by atoms with E-state index in [0.717, 1.165) is 28.2 Å². The minimum Gasteiger partial charge on any atom is -0.491 e. The molecule has 0 atom stereocenters. The van der Waals surface area contributed by atoms with Gasteiger partial charge in [0.15, 0.2) is 0 Å². The maximum atomic E-state index is 11.9. The van der Waals surface area contributed by atoms with Crippen molar-refractivity contribution >= 4 is 23.2 Å². The van der Waals surface area contributed by atoms with Gasteiger partial charge < -0.3 is 15.2 Å². The molecule has 2 N–H and O–H groups in total. The molecule has 0 saturated heterocycles. The zero-order valence-electron chi connectivity index (χ0n) is 12.4. The van der Waals surface area contributed by atoms with E-state index in [1.807, 2.05) is 32.0 Å². The van der Waals surface area contributed by atoms with Gasteiger partial charge in [0.05, 0.1) is 11.4 Å². The number of hydrogen-bond acceptors (Lipinski definition) is 4. The summed E-state index contributed by atoms with van der Waals surface area (Å²) in [6.07, 6.45) is 0. The standard InChI is InChI=1S/C16H17NO4S/c1-10-4-3-5-11(2)14(10)21-9-8-17-15(18)12-6-7-13(22-12)16(19)20/h3-7H,8-9H2,1-2H3,(H,17,18)(H,19,20). The quantitative estimate of drug-likeness (QED) is 0.803. The summed E-state index contributed by atoms with van der Waals surface area (Å²) in [5.41, 5.74) is 2.10. The van der Waals surface area contributed by atoms with Gasteiger partial charge in [-0.05, 0) is 37.1 Å². The fraction of sp³-hybridized carbons (Fsp3) is 0.250. The lowest BCUT2D eigenvalue weighted by atomic mass is 10.1. The molecule has 1 heterocycles. The van der Waals surface area contributed by atoms with Crippen LogP contribution in [0.4, 0.5) is 0 Å². The third kappa shape index (κ3) is 3.85. The molecule has 0 radical (unpaired) electrons. The Balaban J connectivity index is 1.83. The van der Waals surface area contributed by atoms with E-state index in [2.05, 4.69) is 5.32 Å². The molecule has 2 aromatic rings. The van der Waals surface area contributed by atoms with Crippen molar-refractivity contribution in [1.29, 1.82) is 0 Å². The second-order valence-electron chi connectivity index (χ2n) is 4.79. The summed E-state index contributed by atoms with van der Waals surface area (Å²) in [5, 5.41) is 11.5. The highest BCUT2D eigenvalue weighted by atomic mass is 32.1. The van der Waals surface area contributed by atoms with Crippen LogP contribution >= 0.6 is 11.3 Å². The van der Waals surface area contributed by atoms with E-state index in [-0.39, 0.29) is 10.8 Å². The van der Waals surface area contributed by atoms with Crippen LogP contribution in [0.1, 0.15) is 30.5 Å². The summed E-state index contributed by atoms with van der Waals surface area (Å²) in [6.45, 7) is 4.65. The number of carboxylic acid groups (broad SMARTS) is 1. The zero-order valence-corrected chi connectivity index (χ0v) is 13.2. The Labute approximate surface area is 132 Å². The molecular formula is C16H17NO4S. The number of carbonyl (C=O) groups is 2. The third-order valence-electron chi connectivity index (χ3n) is 3.08. The largest absolute Gasteiger partial charge is 0.491 e. The summed E-state index contributed by atoms with van der Waals surface area (Å²) in [6, 6.07) is 8.85. The number of carboxylic acids is 1. The minimum atomic E-state index is -1.03. The lowest BCUT2D eigenvalue weighted by Crippen LogP contribution is -2.27. The monoisotopic (exact) mass is 319 g/mol. The van der Waals surface area contributed by atoms with Gasteiger partial charge in [0.25, 0.3) is 5.91 Å². The Kier molecular flexibility index (Phi) is 5.16. The van der Waals surface area contributed by atoms with Gasteiger partial charge in [-0.15, -0.1) is 11.3 Å². The number of aromatic carboxylic acids is 1. The Morgan fingerprint density at radius 1 is 1.14 bits per heavy atom. The minimum absolute atomic E-state index is 0.150. The van der Waals surface area contributed by atoms with Crippen molar-refractivity contribution in [3.8, 4) is 5.75 Å². The number of thiophene rings is 1. The number of hydrogen-bond donors (Lipinski definition) is 2. The molecule has 0 aliphatic heterocycles. The molecule has 0 aliphatic rings. The number of rotatable bonds is 6. The van der Waals surface area contributed by atoms with E-state index < -0.39 is 5.97 Å². The van der Waals surface area contributed by atoms with Gasteiger partial charge >= 0.3 is 5.97 Å². The van der Waals surface area contributed by atoms with Gasteiger partial charge in [-0.3, -0.25) is 4.79 Å². The van der Waals surface area contributed by atoms with Crippen LogP contribution in [0.25, 0.3) is 0 Å². The Bertz CT molecular complexity index is 673. The highest BCUT2D eigenvalue weighted by molar-refractivity contribution is 7.15. The molecule has 0 unspecified atom stereocenters. The Morgan fingerprint density at radius 3 is 2.36 bits per heavy atom. The molecule has 1 aromatic carbocycles. The SMILES string of the molecule is Cc1cccc(C)c1OCCNC(=O)c1ccc(C(=O)O)s1. The molecule has 0 aliphatic carbocycles. The average Bonchev–Trinajstić information content (AvgIpc) is 2.96. The first-order valence-corrected chi connectivity index (χ1v) is 7.61. The second kappa shape index (κ2) is 7.09. The number of para-hydroxylation sites is 1. The number of benzene rings is 1. The predicted octanol–water partition coefficient (Wildman–Crippen LogP) is 2.87. The van der Waals surface area contributed by atoms with Crippen molar-refractivity contribution in [3.63, 3.8) is 0 Å². The number of amides is 1. The molecule has 0 bridgehead atoms. The lowest BCUT2D eigenvalue weighted by molar-refractivity contribution is 0.0702. The normalized spacial score (nSPS) is 10.3. The van der Waals surface area contributed by atoms with Crippen molar-refractivity contribution in [1.82, 2.24) is 5.32 Å².